The SMILES string of the molecule is COC(=O)CC(=O)N1CCC(Cc2ccc(C(F)(F)F)cc2)CC1. The van der Waals surface area contributed by atoms with Crippen molar-refractivity contribution in [2.45, 2.75) is 31.9 Å². The van der Waals surface area contributed by atoms with E-state index < -0.39 is 17.7 Å². The Morgan fingerprint density at radius 2 is 1.75 bits per heavy atom. The lowest BCUT2D eigenvalue weighted by Crippen LogP contribution is -2.39. The standard InChI is InChI=1S/C17H20F3NO3/c1-24-16(23)11-15(22)21-8-6-13(7-9-21)10-12-2-4-14(5-3-12)17(18,19)20/h2-5,13H,6-11H2,1H3. The van der Waals surface area contributed by atoms with Crippen molar-refractivity contribution in [3.63, 3.8) is 0 Å². The predicted molar refractivity (Wildman–Crippen MR) is 81.1 cm³/mol. The zero-order valence-corrected chi connectivity index (χ0v) is 13.4. The van der Waals surface area contributed by atoms with Crippen LogP contribution in [0.5, 0.6) is 0 Å². The van der Waals surface area contributed by atoms with Crippen molar-refractivity contribution in [2.75, 3.05) is 20.2 Å². The van der Waals surface area contributed by atoms with Crippen LogP contribution in [0.25, 0.3) is 0 Å². The van der Waals surface area contributed by atoms with E-state index in [1.807, 2.05) is 0 Å². The third-order valence-electron chi connectivity index (χ3n) is 4.30. The van der Waals surface area contributed by atoms with E-state index in [9.17, 15) is 22.8 Å². The van der Waals surface area contributed by atoms with Crippen LogP contribution in [-0.2, 0) is 26.9 Å². The van der Waals surface area contributed by atoms with E-state index in [1.54, 1.807) is 4.90 Å². The first-order valence-corrected chi connectivity index (χ1v) is 7.80. The number of ether oxygens (including phenoxy) is 1. The number of halogens is 3. The van der Waals surface area contributed by atoms with Crippen molar-refractivity contribution < 1.29 is 27.5 Å². The van der Waals surface area contributed by atoms with Crippen LogP contribution < -0.4 is 0 Å². The van der Waals surface area contributed by atoms with Gasteiger partial charge >= 0.3 is 12.1 Å². The average molecular weight is 343 g/mol. The van der Waals surface area contributed by atoms with Crippen LogP contribution in [0.3, 0.4) is 0 Å². The van der Waals surface area contributed by atoms with Crippen LogP contribution in [0.15, 0.2) is 24.3 Å². The van der Waals surface area contributed by atoms with E-state index in [0.717, 1.165) is 30.5 Å². The molecule has 1 aliphatic rings. The van der Waals surface area contributed by atoms with Crippen molar-refractivity contribution in [3.8, 4) is 0 Å². The molecule has 1 amide bonds. The molecule has 0 saturated carbocycles. The van der Waals surface area contributed by atoms with Crippen LogP contribution in [0.4, 0.5) is 13.2 Å². The Morgan fingerprint density at radius 1 is 1.17 bits per heavy atom. The molecule has 2 rings (SSSR count). The predicted octanol–water partition coefficient (Wildman–Crippen LogP) is 3.05. The largest absolute Gasteiger partial charge is 0.469 e. The first-order valence-electron chi connectivity index (χ1n) is 7.80. The Morgan fingerprint density at radius 3 is 2.25 bits per heavy atom. The summed E-state index contributed by atoms with van der Waals surface area (Å²) in [5.74, 6) is -0.467. The van der Waals surface area contributed by atoms with Crippen molar-refractivity contribution in [3.05, 3.63) is 35.4 Å². The van der Waals surface area contributed by atoms with Crippen molar-refractivity contribution in [1.82, 2.24) is 4.90 Å². The fourth-order valence-electron chi connectivity index (χ4n) is 2.86. The Kier molecular flexibility index (Phi) is 5.85. The van der Waals surface area contributed by atoms with E-state index >= 15 is 0 Å². The van der Waals surface area contributed by atoms with Gasteiger partial charge in [0, 0.05) is 13.1 Å². The molecule has 0 unspecified atom stereocenters. The highest BCUT2D eigenvalue weighted by molar-refractivity contribution is 5.94. The molecule has 132 valence electrons. The minimum absolute atomic E-state index is 0.241. The lowest BCUT2D eigenvalue weighted by molar-refractivity contribution is -0.147. The van der Waals surface area contributed by atoms with Gasteiger partial charge in [-0.15, -0.1) is 0 Å². The quantitative estimate of drug-likeness (QED) is 0.624. The monoisotopic (exact) mass is 343 g/mol. The van der Waals surface area contributed by atoms with E-state index in [1.165, 1.54) is 19.2 Å². The summed E-state index contributed by atoms with van der Waals surface area (Å²) in [5, 5.41) is 0. The smallest absolute Gasteiger partial charge is 0.416 e. The molecule has 0 atom stereocenters. The summed E-state index contributed by atoms with van der Waals surface area (Å²) in [4.78, 5) is 24.6. The molecule has 1 heterocycles. The summed E-state index contributed by atoms with van der Waals surface area (Å²) in [7, 11) is 1.24. The minimum atomic E-state index is -4.32. The van der Waals surface area contributed by atoms with Gasteiger partial charge in [0.05, 0.1) is 12.7 Å². The molecule has 1 saturated heterocycles. The van der Waals surface area contributed by atoms with Gasteiger partial charge in [-0.1, -0.05) is 12.1 Å². The number of methoxy groups -OCH3 is 1. The van der Waals surface area contributed by atoms with Crippen molar-refractivity contribution >= 4 is 11.9 Å². The molecule has 1 fully saturated rings. The number of carbonyl (C=O) groups is 2. The van der Waals surface area contributed by atoms with Crippen LogP contribution in [0.2, 0.25) is 0 Å². The Hall–Kier alpha value is -2.05. The minimum Gasteiger partial charge on any atom is -0.469 e. The molecule has 0 aromatic heterocycles. The van der Waals surface area contributed by atoms with Gasteiger partial charge in [-0.2, -0.15) is 13.2 Å². The summed E-state index contributed by atoms with van der Waals surface area (Å²) in [5.41, 5.74) is 0.219. The van der Waals surface area contributed by atoms with Gasteiger partial charge in [0.1, 0.15) is 6.42 Å². The Balaban J connectivity index is 1.83. The van der Waals surface area contributed by atoms with Crippen molar-refractivity contribution in [2.24, 2.45) is 5.92 Å². The average Bonchev–Trinajstić information content (AvgIpc) is 2.55. The number of esters is 1. The number of rotatable bonds is 4. The van der Waals surface area contributed by atoms with Crippen LogP contribution >= 0.6 is 0 Å². The maximum absolute atomic E-state index is 12.5. The number of hydrogen-bond donors (Lipinski definition) is 0. The summed E-state index contributed by atoms with van der Waals surface area (Å²) >= 11 is 0. The van der Waals surface area contributed by atoms with Crippen LogP contribution in [0, 0.1) is 5.92 Å². The molecular weight excluding hydrogens is 323 g/mol. The van der Waals surface area contributed by atoms with Crippen LogP contribution in [0.1, 0.15) is 30.4 Å². The highest BCUT2D eigenvalue weighted by Crippen LogP contribution is 2.30. The lowest BCUT2D eigenvalue weighted by Gasteiger charge is -2.32. The zero-order chi connectivity index (χ0) is 17.7. The molecule has 24 heavy (non-hydrogen) atoms. The van der Waals surface area contributed by atoms with E-state index in [2.05, 4.69) is 4.74 Å². The van der Waals surface area contributed by atoms with Crippen molar-refractivity contribution in [1.29, 1.82) is 0 Å². The fraction of sp³-hybridized carbons (Fsp3) is 0.529. The third kappa shape index (κ3) is 4.97. The number of likely N-dealkylation sites (tertiary alicyclic amines) is 1. The van der Waals surface area contributed by atoms with E-state index in [0.29, 0.717) is 25.4 Å². The molecule has 1 aromatic carbocycles. The number of carbonyl (C=O) groups excluding carboxylic acids is 2. The molecule has 0 radical (unpaired) electrons. The second-order valence-corrected chi connectivity index (χ2v) is 5.98. The number of nitrogens with zero attached hydrogens (tertiary/aromatic N) is 1. The molecular formula is C17H20F3NO3. The molecule has 1 aliphatic heterocycles. The Labute approximate surface area is 138 Å². The molecule has 4 nitrogen and oxygen atoms in total. The van der Waals surface area contributed by atoms with Gasteiger partial charge in [-0.3, -0.25) is 9.59 Å². The van der Waals surface area contributed by atoms with Gasteiger partial charge in [-0.25, -0.2) is 0 Å². The summed E-state index contributed by atoms with van der Waals surface area (Å²) < 4.78 is 42.1. The highest BCUT2D eigenvalue weighted by atomic mass is 19.4. The Bertz CT molecular complexity index is 576. The second-order valence-electron chi connectivity index (χ2n) is 5.98. The number of piperidine rings is 1. The zero-order valence-electron chi connectivity index (χ0n) is 13.4. The molecule has 0 bridgehead atoms. The number of hydrogen-bond acceptors (Lipinski definition) is 3. The topological polar surface area (TPSA) is 46.6 Å². The normalized spacial score (nSPS) is 16.1. The number of alkyl halides is 3. The number of benzene rings is 1. The molecule has 7 heteroatoms. The van der Waals surface area contributed by atoms with E-state index in [4.69, 9.17) is 0 Å². The van der Waals surface area contributed by atoms with Gasteiger partial charge in [-0.05, 0) is 42.9 Å². The summed E-state index contributed by atoms with van der Waals surface area (Å²) in [6.07, 6.45) is -2.33. The first-order chi connectivity index (χ1) is 11.3. The third-order valence-corrected chi connectivity index (χ3v) is 4.30. The second kappa shape index (κ2) is 7.68. The molecule has 1 aromatic rings. The highest BCUT2D eigenvalue weighted by Gasteiger charge is 2.30. The summed E-state index contributed by atoms with van der Waals surface area (Å²) in [6, 6.07) is 5.23. The summed E-state index contributed by atoms with van der Waals surface area (Å²) in [6.45, 7) is 1.11. The lowest BCUT2D eigenvalue weighted by atomic mass is 9.90. The number of amides is 1. The maximum atomic E-state index is 12.5. The first kappa shape index (κ1) is 18.3. The maximum Gasteiger partial charge on any atom is 0.416 e. The van der Waals surface area contributed by atoms with E-state index in [-0.39, 0.29) is 12.3 Å². The van der Waals surface area contributed by atoms with Gasteiger partial charge in [0.2, 0.25) is 5.91 Å². The van der Waals surface area contributed by atoms with Gasteiger partial charge in [0.25, 0.3) is 0 Å². The molecule has 0 N–H and O–H groups in total. The van der Waals surface area contributed by atoms with Gasteiger partial charge in [0.15, 0.2) is 0 Å². The van der Waals surface area contributed by atoms with Crippen LogP contribution in [-0.4, -0.2) is 37.0 Å². The molecule has 0 spiro atoms. The molecule has 0 aliphatic carbocycles. The van der Waals surface area contributed by atoms with Gasteiger partial charge < -0.3 is 9.64 Å². The fourth-order valence-corrected chi connectivity index (χ4v) is 2.86.